The highest BCUT2D eigenvalue weighted by Gasteiger charge is 2.32. The summed E-state index contributed by atoms with van der Waals surface area (Å²) in [6.07, 6.45) is -3.92. The van der Waals surface area contributed by atoms with Crippen molar-refractivity contribution in [2.24, 2.45) is 5.73 Å². The third-order valence-corrected chi connectivity index (χ3v) is 4.82. The van der Waals surface area contributed by atoms with Crippen LogP contribution in [0.5, 0.6) is 0 Å². The minimum Gasteiger partial charge on any atom is -0.358 e. The number of carbonyl (C=O) groups excluding carboxylic acids is 1. The van der Waals surface area contributed by atoms with E-state index >= 15 is 0 Å². The summed E-state index contributed by atoms with van der Waals surface area (Å²) in [5, 5.41) is 12.1. The van der Waals surface area contributed by atoms with Crippen molar-refractivity contribution in [3.05, 3.63) is 75.4 Å². The van der Waals surface area contributed by atoms with Gasteiger partial charge < -0.3 is 11.1 Å². The SMILES string of the molecule is Cl.N#Cc1ccc(C(N)C2=C(Nc3cccc(C(F)(F)F)c3)CCC2=O)c(Cl)c1. The molecule has 0 aromatic heterocycles. The van der Waals surface area contributed by atoms with Gasteiger partial charge in [-0.2, -0.15) is 18.4 Å². The molecule has 0 spiro atoms. The van der Waals surface area contributed by atoms with E-state index in [4.69, 9.17) is 22.6 Å². The number of nitrogens with one attached hydrogen (secondary N) is 1. The molecule has 0 bridgehead atoms. The largest absolute Gasteiger partial charge is 0.416 e. The van der Waals surface area contributed by atoms with Crippen LogP contribution in [0, 0.1) is 11.3 Å². The highest BCUT2D eigenvalue weighted by Crippen LogP contribution is 2.36. The standard InChI is InChI=1S/C20H15ClF3N3O.ClH/c21-15-8-11(10-25)4-5-14(15)19(26)18-16(6-7-17(18)28)27-13-3-1-2-12(9-13)20(22,23)24;/h1-5,8-9,19,27H,6-7,26H2;1H. The van der Waals surface area contributed by atoms with Crippen LogP contribution >= 0.6 is 24.0 Å². The van der Waals surface area contributed by atoms with Gasteiger partial charge in [0.05, 0.1) is 23.2 Å². The van der Waals surface area contributed by atoms with Gasteiger partial charge in [-0.3, -0.25) is 4.79 Å². The Morgan fingerprint density at radius 3 is 2.52 bits per heavy atom. The summed E-state index contributed by atoms with van der Waals surface area (Å²) in [6, 6.07) is 10.4. The van der Waals surface area contributed by atoms with Gasteiger partial charge in [-0.05, 0) is 42.3 Å². The van der Waals surface area contributed by atoms with Gasteiger partial charge in [0.15, 0.2) is 5.78 Å². The van der Waals surface area contributed by atoms with Gasteiger partial charge in [0.25, 0.3) is 0 Å². The van der Waals surface area contributed by atoms with Gasteiger partial charge in [-0.15, -0.1) is 12.4 Å². The van der Waals surface area contributed by atoms with Crippen molar-refractivity contribution in [1.82, 2.24) is 0 Å². The molecule has 3 rings (SSSR count). The fraction of sp³-hybridized carbons (Fsp3) is 0.200. The van der Waals surface area contributed by atoms with Crippen LogP contribution in [-0.4, -0.2) is 5.78 Å². The molecular formula is C20H16Cl2F3N3O. The molecule has 0 fully saturated rings. The number of anilines is 1. The van der Waals surface area contributed by atoms with Crippen molar-refractivity contribution in [2.75, 3.05) is 5.32 Å². The molecule has 2 aromatic rings. The number of alkyl halides is 3. The second kappa shape index (κ2) is 8.87. The molecule has 0 aliphatic heterocycles. The van der Waals surface area contributed by atoms with E-state index in [9.17, 15) is 18.0 Å². The fourth-order valence-corrected chi connectivity index (χ4v) is 3.42. The molecule has 1 aliphatic rings. The first-order chi connectivity index (χ1) is 13.2. The molecule has 4 nitrogen and oxygen atoms in total. The lowest BCUT2D eigenvalue weighted by Crippen LogP contribution is -2.19. The maximum atomic E-state index is 12.9. The first-order valence-electron chi connectivity index (χ1n) is 8.36. The van der Waals surface area contributed by atoms with Gasteiger partial charge in [-0.1, -0.05) is 23.7 Å². The summed E-state index contributed by atoms with van der Waals surface area (Å²) in [7, 11) is 0. The Bertz CT molecular complexity index is 1010. The third kappa shape index (κ3) is 4.91. The van der Waals surface area contributed by atoms with E-state index in [1.807, 2.05) is 6.07 Å². The van der Waals surface area contributed by atoms with E-state index in [1.165, 1.54) is 18.2 Å². The van der Waals surface area contributed by atoms with Crippen molar-refractivity contribution in [3.63, 3.8) is 0 Å². The molecule has 2 aromatic carbocycles. The molecule has 0 saturated heterocycles. The van der Waals surface area contributed by atoms with Crippen LogP contribution in [0.4, 0.5) is 18.9 Å². The predicted octanol–water partition coefficient (Wildman–Crippen LogP) is 5.38. The zero-order valence-electron chi connectivity index (χ0n) is 14.9. The van der Waals surface area contributed by atoms with Crippen molar-refractivity contribution >= 4 is 35.5 Å². The second-order valence-corrected chi connectivity index (χ2v) is 6.75. The topological polar surface area (TPSA) is 78.9 Å². The molecule has 0 heterocycles. The lowest BCUT2D eigenvalue weighted by atomic mass is 9.96. The highest BCUT2D eigenvalue weighted by atomic mass is 35.5. The molecule has 1 unspecified atom stereocenters. The first-order valence-corrected chi connectivity index (χ1v) is 8.74. The number of hydrogen-bond acceptors (Lipinski definition) is 4. The number of carbonyl (C=O) groups is 1. The molecule has 0 radical (unpaired) electrons. The summed E-state index contributed by atoms with van der Waals surface area (Å²) >= 11 is 6.20. The maximum absolute atomic E-state index is 12.9. The number of nitriles is 1. The Morgan fingerprint density at radius 1 is 1.17 bits per heavy atom. The lowest BCUT2D eigenvalue weighted by molar-refractivity contribution is -0.137. The van der Waals surface area contributed by atoms with Crippen LogP contribution in [0.3, 0.4) is 0 Å². The Morgan fingerprint density at radius 2 is 1.90 bits per heavy atom. The van der Waals surface area contributed by atoms with Crippen molar-refractivity contribution in [2.45, 2.75) is 25.1 Å². The van der Waals surface area contributed by atoms with Gasteiger partial charge in [0.1, 0.15) is 0 Å². The number of rotatable bonds is 4. The Balaban J connectivity index is 0.00000300. The smallest absolute Gasteiger partial charge is 0.358 e. The predicted molar refractivity (Wildman–Crippen MR) is 107 cm³/mol. The lowest BCUT2D eigenvalue weighted by Gasteiger charge is -2.18. The average Bonchev–Trinajstić information content (AvgIpc) is 3.00. The monoisotopic (exact) mass is 441 g/mol. The average molecular weight is 442 g/mol. The Labute approximate surface area is 176 Å². The molecule has 0 amide bonds. The van der Waals surface area contributed by atoms with Gasteiger partial charge >= 0.3 is 6.18 Å². The molecule has 9 heteroatoms. The van der Waals surface area contributed by atoms with Crippen LogP contribution in [0.15, 0.2) is 53.7 Å². The molecular weight excluding hydrogens is 426 g/mol. The van der Waals surface area contributed by atoms with Crippen LogP contribution in [0.25, 0.3) is 0 Å². The Kier molecular flexibility index (Phi) is 6.96. The Hall–Kier alpha value is -2.53. The number of ketones is 1. The van der Waals surface area contributed by atoms with E-state index in [0.717, 1.165) is 12.1 Å². The van der Waals surface area contributed by atoms with E-state index in [2.05, 4.69) is 5.32 Å². The third-order valence-electron chi connectivity index (χ3n) is 4.49. The fourth-order valence-electron chi connectivity index (χ4n) is 3.12. The van der Waals surface area contributed by atoms with Gasteiger partial charge in [0.2, 0.25) is 0 Å². The molecule has 1 atom stereocenters. The zero-order chi connectivity index (χ0) is 20.5. The minimum absolute atomic E-state index is 0. The summed E-state index contributed by atoms with van der Waals surface area (Å²) in [6.45, 7) is 0. The van der Waals surface area contributed by atoms with Crippen molar-refractivity contribution in [1.29, 1.82) is 5.26 Å². The highest BCUT2D eigenvalue weighted by molar-refractivity contribution is 6.31. The number of Topliss-reactive ketones (excluding diaryl/α,β-unsaturated/α-hetero) is 1. The number of nitrogens with two attached hydrogens (primary N) is 1. The van der Waals surface area contributed by atoms with Gasteiger partial charge in [0, 0.05) is 28.4 Å². The normalized spacial score (nSPS) is 15.0. The van der Waals surface area contributed by atoms with Crippen LogP contribution < -0.4 is 11.1 Å². The number of halogens is 5. The molecule has 152 valence electrons. The maximum Gasteiger partial charge on any atom is 0.416 e. The minimum atomic E-state index is -4.47. The van der Waals surface area contributed by atoms with Crippen molar-refractivity contribution < 1.29 is 18.0 Å². The summed E-state index contributed by atoms with van der Waals surface area (Å²) < 4.78 is 38.8. The number of nitrogens with zero attached hydrogens (tertiary/aromatic N) is 1. The molecule has 29 heavy (non-hydrogen) atoms. The summed E-state index contributed by atoms with van der Waals surface area (Å²) in [5.41, 5.74) is 7.26. The van der Waals surface area contributed by atoms with E-state index < -0.39 is 17.8 Å². The van der Waals surface area contributed by atoms with Crippen molar-refractivity contribution in [3.8, 4) is 6.07 Å². The second-order valence-electron chi connectivity index (χ2n) is 6.34. The zero-order valence-corrected chi connectivity index (χ0v) is 16.5. The number of hydrogen-bond donors (Lipinski definition) is 2. The van der Waals surface area contributed by atoms with Crippen LogP contribution in [0.2, 0.25) is 5.02 Å². The number of allylic oxidation sites excluding steroid dienone is 1. The first kappa shape index (κ1) is 22.8. The molecule has 3 N–H and O–H groups in total. The van der Waals surface area contributed by atoms with E-state index in [1.54, 1.807) is 12.1 Å². The quantitative estimate of drug-likeness (QED) is 0.667. The molecule has 1 aliphatic carbocycles. The van der Waals surface area contributed by atoms with E-state index in [0.29, 0.717) is 23.2 Å². The summed E-state index contributed by atoms with van der Waals surface area (Å²) in [4.78, 5) is 12.4. The van der Waals surface area contributed by atoms with Gasteiger partial charge in [-0.25, -0.2) is 0 Å². The summed E-state index contributed by atoms with van der Waals surface area (Å²) in [5.74, 6) is -0.192. The van der Waals surface area contributed by atoms with Crippen LogP contribution in [-0.2, 0) is 11.0 Å². The molecule has 0 saturated carbocycles. The van der Waals surface area contributed by atoms with Crippen LogP contribution in [0.1, 0.15) is 35.6 Å². The van der Waals surface area contributed by atoms with E-state index in [-0.39, 0.29) is 40.9 Å². The number of benzene rings is 2.